The summed E-state index contributed by atoms with van der Waals surface area (Å²) in [6, 6.07) is 5.93. The van der Waals surface area contributed by atoms with E-state index in [1.165, 1.54) is 5.56 Å². The molecule has 1 aliphatic rings. The Labute approximate surface area is 96.9 Å². The van der Waals surface area contributed by atoms with Crippen LogP contribution in [0, 0.1) is 0 Å². The first kappa shape index (κ1) is 9.69. The molecular formula is C11H9ClN2O2. The van der Waals surface area contributed by atoms with Gasteiger partial charge in [0.05, 0.1) is 13.2 Å². The molecule has 2 N–H and O–H groups in total. The van der Waals surface area contributed by atoms with Crippen LogP contribution in [0.3, 0.4) is 0 Å². The molecule has 0 saturated heterocycles. The third-order valence-electron chi connectivity index (χ3n) is 2.64. The number of hydrogen-bond acceptors (Lipinski definition) is 4. The average Bonchev–Trinajstić information content (AvgIpc) is 2.86. The van der Waals surface area contributed by atoms with Crippen LogP contribution in [0.25, 0.3) is 11.3 Å². The SMILES string of the molecule is Nc1noc(-c2ccc3c(c2)COC3)c1Cl. The van der Waals surface area contributed by atoms with Crippen molar-refractivity contribution in [2.75, 3.05) is 5.73 Å². The number of rotatable bonds is 1. The fourth-order valence-electron chi connectivity index (χ4n) is 1.78. The van der Waals surface area contributed by atoms with Crippen LogP contribution in [-0.2, 0) is 18.0 Å². The summed E-state index contributed by atoms with van der Waals surface area (Å²) < 4.78 is 10.4. The largest absolute Gasteiger partial charge is 0.380 e. The van der Waals surface area contributed by atoms with Gasteiger partial charge < -0.3 is 15.0 Å². The van der Waals surface area contributed by atoms with Crippen molar-refractivity contribution >= 4 is 17.4 Å². The van der Waals surface area contributed by atoms with Gasteiger partial charge in [-0.3, -0.25) is 0 Å². The van der Waals surface area contributed by atoms with Crippen LogP contribution >= 0.6 is 11.6 Å². The third-order valence-corrected chi connectivity index (χ3v) is 3.01. The van der Waals surface area contributed by atoms with E-state index in [9.17, 15) is 0 Å². The van der Waals surface area contributed by atoms with Gasteiger partial charge in [-0.1, -0.05) is 28.9 Å². The van der Waals surface area contributed by atoms with Crippen molar-refractivity contribution in [3.8, 4) is 11.3 Å². The highest BCUT2D eigenvalue weighted by molar-refractivity contribution is 6.35. The molecule has 0 amide bonds. The van der Waals surface area contributed by atoms with E-state index in [4.69, 9.17) is 26.6 Å². The van der Waals surface area contributed by atoms with Crippen molar-refractivity contribution in [2.24, 2.45) is 0 Å². The molecule has 16 heavy (non-hydrogen) atoms. The van der Waals surface area contributed by atoms with E-state index in [-0.39, 0.29) is 5.82 Å². The Bertz CT molecular complexity index is 551. The van der Waals surface area contributed by atoms with Crippen LogP contribution in [0.4, 0.5) is 5.82 Å². The molecule has 0 radical (unpaired) electrons. The summed E-state index contributed by atoms with van der Waals surface area (Å²) in [6.07, 6.45) is 0. The predicted octanol–water partition coefficient (Wildman–Crippen LogP) is 2.61. The van der Waals surface area contributed by atoms with E-state index in [0.29, 0.717) is 24.0 Å². The predicted molar refractivity (Wildman–Crippen MR) is 59.9 cm³/mol. The van der Waals surface area contributed by atoms with Crippen molar-refractivity contribution in [3.63, 3.8) is 0 Å². The van der Waals surface area contributed by atoms with Gasteiger partial charge in [0.25, 0.3) is 0 Å². The molecule has 4 nitrogen and oxygen atoms in total. The maximum Gasteiger partial charge on any atom is 0.187 e. The molecule has 2 heterocycles. The number of nitrogen functional groups attached to an aromatic ring is 1. The summed E-state index contributed by atoms with van der Waals surface area (Å²) in [4.78, 5) is 0. The van der Waals surface area contributed by atoms with Crippen LogP contribution in [0.1, 0.15) is 11.1 Å². The summed E-state index contributed by atoms with van der Waals surface area (Å²) in [5.41, 5.74) is 8.76. The normalized spacial score (nSPS) is 14.1. The molecule has 0 fully saturated rings. The monoisotopic (exact) mass is 236 g/mol. The molecule has 0 atom stereocenters. The first-order valence-electron chi connectivity index (χ1n) is 4.86. The molecule has 1 aromatic heterocycles. The van der Waals surface area contributed by atoms with Gasteiger partial charge >= 0.3 is 0 Å². The van der Waals surface area contributed by atoms with Crippen molar-refractivity contribution in [3.05, 3.63) is 34.3 Å². The zero-order chi connectivity index (χ0) is 11.1. The highest BCUT2D eigenvalue weighted by Crippen LogP contribution is 2.34. The Kier molecular flexibility index (Phi) is 2.12. The number of ether oxygens (including phenoxy) is 1. The molecule has 2 aromatic rings. The minimum Gasteiger partial charge on any atom is -0.380 e. The third kappa shape index (κ3) is 1.38. The molecule has 3 rings (SSSR count). The topological polar surface area (TPSA) is 61.3 Å². The number of nitrogens with two attached hydrogens (primary N) is 1. The van der Waals surface area contributed by atoms with E-state index in [1.54, 1.807) is 0 Å². The zero-order valence-corrected chi connectivity index (χ0v) is 9.12. The number of nitrogens with zero attached hydrogens (tertiary/aromatic N) is 1. The summed E-state index contributed by atoms with van der Waals surface area (Å²) in [7, 11) is 0. The molecule has 0 aliphatic carbocycles. The second-order valence-corrected chi connectivity index (χ2v) is 4.07. The standard InChI is InChI=1S/C11H9ClN2O2/c12-9-10(16-14-11(9)13)6-1-2-7-4-15-5-8(7)3-6/h1-3H,4-5H2,(H2,13,14). The lowest BCUT2D eigenvalue weighted by Gasteiger charge is -2.00. The minimum atomic E-state index is 0.216. The van der Waals surface area contributed by atoms with E-state index in [1.807, 2.05) is 18.2 Å². The lowest BCUT2D eigenvalue weighted by Crippen LogP contribution is -1.85. The van der Waals surface area contributed by atoms with Crippen LogP contribution in [0.5, 0.6) is 0 Å². The fraction of sp³-hybridized carbons (Fsp3) is 0.182. The molecule has 0 bridgehead atoms. The maximum atomic E-state index is 5.98. The molecule has 0 spiro atoms. The molecular weight excluding hydrogens is 228 g/mol. The van der Waals surface area contributed by atoms with E-state index >= 15 is 0 Å². The Balaban J connectivity index is 2.10. The number of halogens is 1. The highest BCUT2D eigenvalue weighted by Gasteiger charge is 2.17. The quantitative estimate of drug-likeness (QED) is 0.827. The van der Waals surface area contributed by atoms with E-state index < -0.39 is 0 Å². The molecule has 1 aromatic carbocycles. The van der Waals surface area contributed by atoms with E-state index in [2.05, 4.69) is 5.16 Å². The first-order valence-corrected chi connectivity index (χ1v) is 5.24. The smallest absolute Gasteiger partial charge is 0.187 e. The number of anilines is 1. The van der Waals surface area contributed by atoms with Crippen LogP contribution < -0.4 is 5.73 Å². The summed E-state index contributed by atoms with van der Waals surface area (Å²) in [5, 5.41) is 3.99. The molecule has 0 unspecified atom stereocenters. The maximum absolute atomic E-state index is 5.98. The van der Waals surface area contributed by atoms with Crippen molar-refractivity contribution in [2.45, 2.75) is 13.2 Å². The lowest BCUT2D eigenvalue weighted by molar-refractivity contribution is 0.134. The summed E-state index contributed by atoms with van der Waals surface area (Å²) >= 11 is 5.98. The van der Waals surface area contributed by atoms with Crippen LogP contribution in [0.2, 0.25) is 5.02 Å². The Morgan fingerprint density at radius 1 is 1.25 bits per heavy atom. The van der Waals surface area contributed by atoms with Crippen molar-refractivity contribution < 1.29 is 9.26 Å². The molecule has 1 aliphatic heterocycles. The number of aromatic nitrogens is 1. The number of hydrogen-bond donors (Lipinski definition) is 1. The summed E-state index contributed by atoms with van der Waals surface area (Å²) in [5.74, 6) is 0.724. The van der Waals surface area contributed by atoms with Gasteiger partial charge in [0, 0.05) is 5.56 Å². The second kappa shape index (κ2) is 3.50. The van der Waals surface area contributed by atoms with Crippen molar-refractivity contribution in [1.29, 1.82) is 0 Å². The van der Waals surface area contributed by atoms with Gasteiger partial charge in [-0.05, 0) is 17.2 Å². The Morgan fingerprint density at radius 2 is 2.06 bits per heavy atom. The first-order chi connectivity index (χ1) is 7.75. The van der Waals surface area contributed by atoms with Gasteiger partial charge in [0.15, 0.2) is 11.6 Å². The lowest BCUT2D eigenvalue weighted by atomic mass is 10.1. The Morgan fingerprint density at radius 3 is 2.81 bits per heavy atom. The molecule has 82 valence electrons. The number of benzene rings is 1. The van der Waals surface area contributed by atoms with Gasteiger partial charge in [-0.2, -0.15) is 0 Å². The second-order valence-electron chi connectivity index (χ2n) is 3.69. The minimum absolute atomic E-state index is 0.216. The molecule has 0 saturated carbocycles. The van der Waals surface area contributed by atoms with Crippen molar-refractivity contribution in [1.82, 2.24) is 5.16 Å². The van der Waals surface area contributed by atoms with Gasteiger partial charge in [0.1, 0.15) is 5.02 Å². The zero-order valence-electron chi connectivity index (χ0n) is 8.37. The van der Waals surface area contributed by atoms with Gasteiger partial charge in [0.2, 0.25) is 0 Å². The Hall–Kier alpha value is -1.52. The van der Waals surface area contributed by atoms with E-state index in [0.717, 1.165) is 11.1 Å². The summed E-state index contributed by atoms with van der Waals surface area (Å²) in [6.45, 7) is 1.30. The van der Waals surface area contributed by atoms with Gasteiger partial charge in [-0.15, -0.1) is 0 Å². The van der Waals surface area contributed by atoms with Gasteiger partial charge in [-0.25, -0.2) is 0 Å². The van der Waals surface area contributed by atoms with Crippen LogP contribution in [-0.4, -0.2) is 5.16 Å². The number of fused-ring (bicyclic) bond motifs is 1. The average molecular weight is 237 g/mol. The molecule has 5 heteroatoms. The highest BCUT2D eigenvalue weighted by atomic mass is 35.5. The fourth-order valence-corrected chi connectivity index (χ4v) is 1.96. The van der Waals surface area contributed by atoms with Crippen LogP contribution in [0.15, 0.2) is 22.7 Å².